The molecule has 0 radical (unpaired) electrons. The highest BCUT2D eigenvalue weighted by molar-refractivity contribution is 5.51. The molecule has 0 saturated carbocycles. The van der Waals surface area contributed by atoms with Crippen molar-refractivity contribution in [2.24, 2.45) is 0 Å². The van der Waals surface area contributed by atoms with E-state index in [2.05, 4.69) is 23.8 Å². The lowest BCUT2D eigenvalue weighted by atomic mass is 9.89. The standard InChI is InChI=1S/C17H24N4O2/c1-5-10-6-12(11(9(2)3)7-14(10)23-4)15(22)13-8-20-17(19)21-16(13)18/h6-9,15,22H,5H2,1-4H3,(H4,18,19,20,21). The predicted molar refractivity (Wildman–Crippen MR) is 91.4 cm³/mol. The maximum absolute atomic E-state index is 10.8. The van der Waals surface area contributed by atoms with Gasteiger partial charge < -0.3 is 21.3 Å². The molecular formula is C17H24N4O2. The Morgan fingerprint density at radius 1 is 1.17 bits per heavy atom. The summed E-state index contributed by atoms with van der Waals surface area (Å²) < 4.78 is 5.46. The molecule has 2 aromatic rings. The van der Waals surface area contributed by atoms with Gasteiger partial charge in [0.2, 0.25) is 5.95 Å². The smallest absolute Gasteiger partial charge is 0.221 e. The Balaban J connectivity index is 2.60. The number of anilines is 2. The number of methoxy groups -OCH3 is 1. The Morgan fingerprint density at radius 2 is 1.87 bits per heavy atom. The highest BCUT2D eigenvalue weighted by Gasteiger charge is 2.22. The summed E-state index contributed by atoms with van der Waals surface area (Å²) in [6.45, 7) is 6.18. The highest BCUT2D eigenvalue weighted by atomic mass is 16.5. The molecule has 2 rings (SSSR count). The zero-order chi connectivity index (χ0) is 17.1. The van der Waals surface area contributed by atoms with Crippen LogP contribution in [0, 0.1) is 0 Å². The van der Waals surface area contributed by atoms with Gasteiger partial charge in [-0.25, -0.2) is 4.98 Å². The number of nitrogen functional groups attached to an aromatic ring is 2. The van der Waals surface area contributed by atoms with Crippen molar-refractivity contribution < 1.29 is 9.84 Å². The molecule has 0 amide bonds. The van der Waals surface area contributed by atoms with Crippen molar-refractivity contribution in [3.8, 4) is 5.75 Å². The van der Waals surface area contributed by atoms with Gasteiger partial charge in [0, 0.05) is 11.8 Å². The van der Waals surface area contributed by atoms with Crippen molar-refractivity contribution in [1.29, 1.82) is 0 Å². The summed E-state index contributed by atoms with van der Waals surface area (Å²) in [7, 11) is 1.65. The normalized spacial score (nSPS) is 12.4. The summed E-state index contributed by atoms with van der Waals surface area (Å²) in [6.07, 6.45) is 1.36. The number of aromatic nitrogens is 2. The molecule has 0 aliphatic carbocycles. The minimum absolute atomic E-state index is 0.0894. The summed E-state index contributed by atoms with van der Waals surface area (Å²) in [4.78, 5) is 7.87. The molecule has 1 heterocycles. The van der Waals surface area contributed by atoms with Gasteiger partial charge in [-0.05, 0) is 41.2 Å². The molecule has 1 unspecified atom stereocenters. The molecule has 1 atom stereocenters. The molecule has 124 valence electrons. The average Bonchev–Trinajstić information content (AvgIpc) is 2.52. The molecule has 0 spiro atoms. The second-order valence-corrected chi connectivity index (χ2v) is 5.77. The van der Waals surface area contributed by atoms with Gasteiger partial charge in [0.25, 0.3) is 0 Å². The van der Waals surface area contributed by atoms with Gasteiger partial charge in [-0.2, -0.15) is 4.98 Å². The molecule has 6 heteroatoms. The number of ether oxygens (including phenoxy) is 1. The lowest BCUT2D eigenvalue weighted by Gasteiger charge is -2.21. The third-order valence-electron chi connectivity index (χ3n) is 3.94. The van der Waals surface area contributed by atoms with Crippen LogP contribution in [-0.2, 0) is 6.42 Å². The first-order chi connectivity index (χ1) is 10.9. The number of rotatable bonds is 5. The Bertz CT molecular complexity index is 701. The Kier molecular flexibility index (Phi) is 5.05. The van der Waals surface area contributed by atoms with Crippen molar-refractivity contribution in [2.45, 2.75) is 39.2 Å². The van der Waals surface area contributed by atoms with E-state index in [0.717, 1.165) is 28.9 Å². The third-order valence-corrected chi connectivity index (χ3v) is 3.94. The first kappa shape index (κ1) is 17.0. The maximum atomic E-state index is 10.8. The van der Waals surface area contributed by atoms with Gasteiger partial charge in [0.15, 0.2) is 0 Å². The van der Waals surface area contributed by atoms with E-state index >= 15 is 0 Å². The number of nitrogens with two attached hydrogens (primary N) is 2. The minimum Gasteiger partial charge on any atom is -0.496 e. The van der Waals surface area contributed by atoms with E-state index in [1.54, 1.807) is 7.11 Å². The molecule has 0 saturated heterocycles. The molecule has 5 N–H and O–H groups in total. The van der Waals surface area contributed by atoms with E-state index in [4.69, 9.17) is 16.2 Å². The topological polar surface area (TPSA) is 107 Å². The number of aliphatic hydroxyl groups excluding tert-OH is 1. The molecular weight excluding hydrogens is 292 g/mol. The average molecular weight is 316 g/mol. The van der Waals surface area contributed by atoms with E-state index < -0.39 is 6.10 Å². The van der Waals surface area contributed by atoms with Gasteiger partial charge in [-0.1, -0.05) is 20.8 Å². The fourth-order valence-electron chi connectivity index (χ4n) is 2.66. The largest absolute Gasteiger partial charge is 0.496 e. The summed E-state index contributed by atoms with van der Waals surface area (Å²) in [6, 6.07) is 3.95. The quantitative estimate of drug-likeness (QED) is 0.782. The molecule has 0 aliphatic rings. The van der Waals surface area contributed by atoms with Crippen LogP contribution in [0.25, 0.3) is 0 Å². The lowest BCUT2D eigenvalue weighted by Crippen LogP contribution is -2.11. The van der Waals surface area contributed by atoms with Gasteiger partial charge in [-0.3, -0.25) is 0 Å². The zero-order valence-corrected chi connectivity index (χ0v) is 14.0. The summed E-state index contributed by atoms with van der Waals surface area (Å²) in [5.74, 6) is 1.32. The van der Waals surface area contributed by atoms with Gasteiger partial charge in [0.05, 0.1) is 7.11 Å². The summed E-state index contributed by atoms with van der Waals surface area (Å²) in [5, 5.41) is 10.8. The van der Waals surface area contributed by atoms with E-state index in [0.29, 0.717) is 5.56 Å². The van der Waals surface area contributed by atoms with Crippen LogP contribution in [0.5, 0.6) is 5.75 Å². The SMILES string of the molecule is CCc1cc(C(O)c2cnc(N)nc2N)c(C(C)C)cc1OC. The fourth-order valence-corrected chi connectivity index (χ4v) is 2.66. The van der Waals surface area contributed by atoms with Crippen LogP contribution in [0.1, 0.15) is 55.0 Å². The van der Waals surface area contributed by atoms with Crippen LogP contribution in [0.15, 0.2) is 18.3 Å². The first-order valence-corrected chi connectivity index (χ1v) is 7.65. The number of nitrogens with zero attached hydrogens (tertiary/aromatic N) is 2. The second kappa shape index (κ2) is 6.83. The van der Waals surface area contributed by atoms with Crippen LogP contribution < -0.4 is 16.2 Å². The van der Waals surface area contributed by atoms with Crippen LogP contribution in [-0.4, -0.2) is 22.2 Å². The van der Waals surface area contributed by atoms with Crippen LogP contribution in [0.4, 0.5) is 11.8 Å². The highest BCUT2D eigenvalue weighted by Crippen LogP contribution is 2.36. The van der Waals surface area contributed by atoms with Crippen molar-refractivity contribution in [1.82, 2.24) is 9.97 Å². The molecule has 1 aromatic heterocycles. The molecule has 0 bridgehead atoms. The zero-order valence-electron chi connectivity index (χ0n) is 14.0. The number of benzene rings is 1. The Hall–Kier alpha value is -2.34. The number of hydrogen-bond acceptors (Lipinski definition) is 6. The fraction of sp³-hybridized carbons (Fsp3) is 0.412. The molecule has 1 aromatic carbocycles. The van der Waals surface area contributed by atoms with Gasteiger partial charge in [0.1, 0.15) is 17.7 Å². The van der Waals surface area contributed by atoms with Crippen molar-refractivity contribution in [3.63, 3.8) is 0 Å². The maximum Gasteiger partial charge on any atom is 0.221 e. The van der Waals surface area contributed by atoms with E-state index in [9.17, 15) is 5.11 Å². The van der Waals surface area contributed by atoms with Crippen molar-refractivity contribution >= 4 is 11.8 Å². The first-order valence-electron chi connectivity index (χ1n) is 7.65. The molecule has 0 fully saturated rings. The molecule has 0 aliphatic heterocycles. The van der Waals surface area contributed by atoms with Crippen LogP contribution in [0.2, 0.25) is 0 Å². The van der Waals surface area contributed by atoms with Gasteiger partial charge >= 0.3 is 0 Å². The Morgan fingerprint density at radius 3 is 2.39 bits per heavy atom. The van der Waals surface area contributed by atoms with E-state index in [-0.39, 0.29) is 17.7 Å². The monoisotopic (exact) mass is 316 g/mol. The van der Waals surface area contributed by atoms with E-state index in [1.807, 2.05) is 19.1 Å². The number of aryl methyl sites for hydroxylation is 1. The summed E-state index contributed by atoms with van der Waals surface area (Å²) in [5.41, 5.74) is 14.7. The Labute approximate surface area is 136 Å². The second-order valence-electron chi connectivity index (χ2n) is 5.77. The summed E-state index contributed by atoms with van der Waals surface area (Å²) >= 11 is 0. The van der Waals surface area contributed by atoms with Crippen LogP contribution in [0.3, 0.4) is 0 Å². The van der Waals surface area contributed by atoms with Gasteiger partial charge in [-0.15, -0.1) is 0 Å². The third kappa shape index (κ3) is 3.37. The van der Waals surface area contributed by atoms with Crippen molar-refractivity contribution in [2.75, 3.05) is 18.6 Å². The molecule has 6 nitrogen and oxygen atoms in total. The predicted octanol–water partition coefficient (Wildman–Crippen LogP) is 2.42. The van der Waals surface area contributed by atoms with Crippen LogP contribution >= 0.6 is 0 Å². The molecule has 23 heavy (non-hydrogen) atoms. The number of hydrogen-bond donors (Lipinski definition) is 3. The van der Waals surface area contributed by atoms with E-state index in [1.165, 1.54) is 6.20 Å². The minimum atomic E-state index is -0.913. The van der Waals surface area contributed by atoms with Crippen molar-refractivity contribution in [3.05, 3.63) is 40.6 Å². The lowest BCUT2D eigenvalue weighted by molar-refractivity contribution is 0.218. The number of aliphatic hydroxyl groups is 1.